The fourth-order valence-electron chi connectivity index (χ4n) is 3.42. The molecule has 9 nitrogen and oxygen atoms in total. The molecule has 0 radical (unpaired) electrons. The van der Waals surface area contributed by atoms with Crippen molar-refractivity contribution in [3.63, 3.8) is 0 Å². The molecule has 0 saturated carbocycles. The van der Waals surface area contributed by atoms with Crippen molar-refractivity contribution in [3.05, 3.63) is 62.8 Å². The largest absolute Gasteiger partial charge is 0.378 e. The van der Waals surface area contributed by atoms with Gasteiger partial charge in [-0.25, -0.2) is 4.98 Å². The number of carbonyl (C=O) groups excluding carboxylic acids is 1. The number of halogens is 1. The average Bonchev–Trinajstić information content (AvgIpc) is 2.73. The van der Waals surface area contributed by atoms with Crippen molar-refractivity contribution < 1.29 is 14.5 Å². The predicted octanol–water partition coefficient (Wildman–Crippen LogP) is 2.41. The minimum atomic E-state index is -1.08. The standard InChI is InChI=1S/C20H25ClN5O4P/c1-12(31)18(26(28)29)20(22)24-16-10-17(25-6-8-30-9-7-25)23-11-14(16)19(27)13-4-2-3-5-15(13)21/h2-5,10-12,18,20H,6-9,22,31H2,1H3,(H,23,24). The van der Waals surface area contributed by atoms with Gasteiger partial charge in [-0.15, -0.1) is 9.24 Å². The number of rotatable bonds is 8. The normalized spacial score (nSPS) is 17.0. The maximum atomic E-state index is 13.2. The highest BCUT2D eigenvalue weighted by Gasteiger charge is 2.33. The lowest BCUT2D eigenvalue weighted by atomic mass is 10.0. The highest BCUT2D eigenvalue weighted by molar-refractivity contribution is 7.17. The number of benzene rings is 1. The van der Waals surface area contributed by atoms with Gasteiger partial charge < -0.3 is 20.7 Å². The molecule has 166 valence electrons. The average molecular weight is 466 g/mol. The van der Waals surface area contributed by atoms with Crippen LogP contribution in [0.3, 0.4) is 0 Å². The van der Waals surface area contributed by atoms with Crippen LogP contribution in [0.1, 0.15) is 22.8 Å². The fourth-order valence-corrected chi connectivity index (χ4v) is 4.02. The lowest BCUT2D eigenvalue weighted by Gasteiger charge is -2.29. The molecule has 2 aromatic rings. The van der Waals surface area contributed by atoms with Crippen molar-refractivity contribution >= 4 is 38.1 Å². The molecule has 1 aromatic heterocycles. The molecule has 0 spiro atoms. The van der Waals surface area contributed by atoms with Gasteiger partial charge >= 0.3 is 0 Å². The molecule has 0 bridgehead atoms. The Morgan fingerprint density at radius 3 is 2.65 bits per heavy atom. The monoisotopic (exact) mass is 465 g/mol. The molecule has 1 aromatic carbocycles. The first-order valence-electron chi connectivity index (χ1n) is 9.82. The number of nitro groups is 1. The molecule has 11 heteroatoms. The second-order valence-corrected chi connectivity index (χ2v) is 8.76. The van der Waals surface area contributed by atoms with Crippen LogP contribution in [0.4, 0.5) is 11.5 Å². The minimum absolute atomic E-state index is 0.235. The van der Waals surface area contributed by atoms with Gasteiger partial charge in [0.2, 0.25) is 0 Å². The molecule has 31 heavy (non-hydrogen) atoms. The first-order chi connectivity index (χ1) is 14.8. The van der Waals surface area contributed by atoms with Crippen LogP contribution in [0.2, 0.25) is 5.02 Å². The van der Waals surface area contributed by atoms with Gasteiger partial charge in [0.1, 0.15) is 12.0 Å². The van der Waals surface area contributed by atoms with E-state index in [1.807, 2.05) is 4.90 Å². The number of pyridine rings is 1. The van der Waals surface area contributed by atoms with Gasteiger partial charge in [-0.1, -0.05) is 30.7 Å². The Kier molecular flexibility index (Phi) is 7.78. The number of morpholine rings is 1. The third-order valence-corrected chi connectivity index (χ3v) is 5.78. The number of hydrogen-bond donors (Lipinski definition) is 2. The molecule has 1 saturated heterocycles. The molecule has 4 atom stereocenters. The zero-order chi connectivity index (χ0) is 22.5. The van der Waals surface area contributed by atoms with Crippen LogP contribution in [0.25, 0.3) is 0 Å². The van der Waals surface area contributed by atoms with Gasteiger partial charge in [0.25, 0.3) is 6.04 Å². The molecular formula is C20H25ClN5O4P. The zero-order valence-corrected chi connectivity index (χ0v) is 18.9. The molecule has 1 aliphatic heterocycles. The Labute approximate surface area is 187 Å². The van der Waals surface area contributed by atoms with E-state index in [-0.39, 0.29) is 17.0 Å². The van der Waals surface area contributed by atoms with Crippen LogP contribution in [0, 0.1) is 10.1 Å². The van der Waals surface area contributed by atoms with E-state index in [9.17, 15) is 14.9 Å². The summed E-state index contributed by atoms with van der Waals surface area (Å²) in [5.74, 6) is 0.281. The van der Waals surface area contributed by atoms with Gasteiger partial charge in [0.15, 0.2) is 5.78 Å². The van der Waals surface area contributed by atoms with E-state index < -0.39 is 17.1 Å². The summed E-state index contributed by atoms with van der Waals surface area (Å²) < 4.78 is 5.38. The molecular weight excluding hydrogens is 441 g/mol. The van der Waals surface area contributed by atoms with E-state index in [0.29, 0.717) is 48.4 Å². The van der Waals surface area contributed by atoms with Crippen LogP contribution in [0.15, 0.2) is 36.5 Å². The Morgan fingerprint density at radius 1 is 1.35 bits per heavy atom. The first kappa shape index (κ1) is 23.3. The first-order valence-corrected chi connectivity index (χ1v) is 10.9. The van der Waals surface area contributed by atoms with Crippen LogP contribution in [-0.4, -0.2) is 59.9 Å². The summed E-state index contributed by atoms with van der Waals surface area (Å²) in [6.07, 6.45) is 0.428. The topological polar surface area (TPSA) is 124 Å². The summed E-state index contributed by atoms with van der Waals surface area (Å²) in [4.78, 5) is 30.8. The summed E-state index contributed by atoms with van der Waals surface area (Å²) in [6, 6.07) is 7.31. The number of nitrogens with one attached hydrogen (secondary N) is 1. The van der Waals surface area contributed by atoms with E-state index in [1.54, 1.807) is 37.3 Å². The smallest absolute Gasteiger partial charge is 0.251 e. The maximum Gasteiger partial charge on any atom is 0.251 e. The molecule has 1 fully saturated rings. The number of aromatic nitrogens is 1. The van der Waals surface area contributed by atoms with E-state index in [0.717, 1.165) is 0 Å². The highest BCUT2D eigenvalue weighted by Crippen LogP contribution is 2.28. The summed E-state index contributed by atoms with van der Waals surface area (Å²) in [5, 5.41) is 14.8. The van der Waals surface area contributed by atoms with Gasteiger partial charge in [-0.2, -0.15) is 0 Å². The number of ketones is 1. The highest BCUT2D eigenvalue weighted by atomic mass is 35.5. The Bertz CT molecular complexity index is 955. The molecule has 2 heterocycles. The number of hydrogen-bond acceptors (Lipinski definition) is 8. The number of anilines is 2. The summed E-state index contributed by atoms with van der Waals surface area (Å²) >= 11 is 6.21. The van der Waals surface area contributed by atoms with E-state index in [1.165, 1.54) is 6.20 Å². The lowest BCUT2D eigenvalue weighted by molar-refractivity contribution is -0.523. The summed E-state index contributed by atoms with van der Waals surface area (Å²) in [6.45, 7) is 4.13. The second-order valence-electron chi connectivity index (χ2n) is 7.30. The van der Waals surface area contributed by atoms with Gasteiger partial charge in [-0.3, -0.25) is 14.9 Å². The molecule has 4 unspecified atom stereocenters. The molecule has 0 amide bonds. The third kappa shape index (κ3) is 5.49. The van der Waals surface area contributed by atoms with Gasteiger partial charge in [-0.05, 0) is 12.1 Å². The minimum Gasteiger partial charge on any atom is -0.378 e. The van der Waals surface area contributed by atoms with Crippen molar-refractivity contribution in [2.45, 2.75) is 24.8 Å². The molecule has 3 rings (SSSR count). The van der Waals surface area contributed by atoms with Crippen molar-refractivity contribution in [2.24, 2.45) is 5.73 Å². The fraction of sp³-hybridized carbons (Fsp3) is 0.400. The van der Waals surface area contributed by atoms with E-state index in [2.05, 4.69) is 19.5 Å². The second kappa shape index (κ2) is 10.3. The van der Waals surface area contributed by atoms with Crippen molar-refractivity contribution in [1.82, 2.24) is 4.98 Å². The summed E-state index contributed by atoms with van der Waals surface area (Å²) in [5.41, 5.74) is 6.69. The SMILES string of the molecule is CC(P)C(C(N)Nc1cc(N2CCOCC2)ncc1C(=O)c1ccccc1Cl)[N+](=O)[O-]. The number of nitrogens with zero attached hydrogens (tertiary/aromatic N) is 3. The third-order valence-electron chi connectivity index (χ3n) is 5.06. The van der Waals surface area contributed by atoms with Crippen LogP contribution < -0.4 is 16.0 Å². The van der Waals surface area contributed by atoms with Crippen LogP contribution >= 0.6 is 20.8 Å². The van der Waals surface area contributed by atoms with Gasteiger partial charge in [0, 0.05) is 41.5 Å². The number of carbonyl (C=O) groups is 1. The molecule has 0 aliphatic carbocycles. The Hall–Kier alpha value is -2.32. The van der Waals surface area contributed by atoms with Crippen molar-refractivity contribution in [2.75, 3.05) is 36.5 Å². The van der Waals surface area contributed by atoms with Crippen molar-refractivity contribution in [1.29, 1.82) is 0 Å². The van der Waals surface area contributed by atoms with E-state index in [4.69, 9.17) is 22.1 Å². The quantitative estimate of drug-likeness (QED) is 0.200. The Morgan fingerprint density at radius 2 is 2.03 bits per heavy atom. The predicted molar refractivity (Wildman–Crippen MR) is 124 cm³/mol. The maximum absolute atomic E-state index is 13.2. The van der Waals surface area contributed by atoms with Crippen molar-refractivity contribution in [3.8, 4) is 0 Å². The molecule has 1 aliphatic rings. The lowest BCUT2D eigenvalue weighted by Crippen LogP contribution is -2.50. The molecule has 3 N–H and O–H groups in total. The number of nitrogens with two attached hydrogens (primary N) is 1. The zero-order valence-electron chi connectivity index (χ0n) is 17.0. The van der Waals surface area contributed by atoms with Crippen LogP contribution in [-0.2, 0) is 4.74 Å². The summed E-state index contributed by atoms with van der Waals surface area (Å²) in [7, 11) is 2.41. The number of ether oxygens (including phenoxy) is 1. The van der Waals surface area contributed by atoms with Crippen LogP contribution in [0.5, 0.6) is 0 Å². The van der Waals surface area contributed by atoms with Gasteiger partial charge in [0.05, 0.1) is 29.5 Å². The van der Waals surface area contributed by atoms with E-state index >= 15 is 0 Å². The Balaban J connectivity index is 2.00.